The van der Waals surface area contributed by atoms with Gasteiger partial charge in [-0.15, -0.1) is 16.4 Å². The van der Waals surface area contributed by atoms with E-state index in [9.17, 15) is 9.59 Å². The molecule has 1 aliphatic rings. The number of fused-ring (bicyclic) bond motifs is 1. The van der Waals surface area contributed by atoms with E-state index in [1.807, 2.05) is 53.9 Å². The Morgan fingerprint density at radius 1 is 1.10 bits per heavy atom. The van der Waals surface area contributed by atoms with Gasteiger partial charge in [0.25, 0.3) is 11.8 Å². The van der Waals surface area contributed by atoms with E-state index in [0.717, 1.165) is 16.1 Å². The molecule has 5 rings (SSSR count). The van der Waals surface area contributed by atoms with Crippen LogP contribution < -0.4 is 10.6 Å². The third kappa shape index (κ3) is 3.19. The lowest BCUT2D eigenvalue weighted by molar-refractivity contribution is 0.0964. The molecule has 2 aromatic carbocycles. The molecule has 0 unspecified atom stereocenters. The summed E-state index contributed by atoms with van der Waals surface area (Å²) in [5.74, 6) is 0.0882. The third-order valence-electron chi connectivity index (χ3n) is 4.60. The molecule has 2 aromatic heterocycles. The standard InChI is InChI=1S/C21H15N5O2S/c27-20-16-11-14(9-8-13(16)12-22-20)23-21(28)18-24-19(17-7-4-10-29-17)26(25-18)15-5-2-1-3-6-15/h1-11H,12H2,(H,22,27)(H,23,28). The molecule has 1 aliphatic heterocycles. The summed E-state index contributed by atoms with van der Waals surface area (Å²) in [6.45, 7) is 0.510. The number of carbonyl (C=O) groups excluding carboxylic acids is 2. The highest BCUT2D eigenvalue weighted by Crippen LogP contribution is 2.26. The fourth-order valence-electron chi connectivity index (χ4n) is 3.20. The summed E-state index contributed by atoms with van der Waals surface area (Å²) in [6, 6.07) is 18.7. The number of amides is 2. The molecule has 0 saturated heterocycles. The zero-order valence-electron chi connectivity index (χ0n) is 15.1. The summed E-state index contributed by atoms with van der Waals surface area (Å²) >= 11 is 1.53. The number of nitrogens with one attached hydrogen (secondary N) is 2. The predicted octanol–water partition coefficient (Wildman–Crippen LogP) is 3.49. The van der Waals surface area contributed by atoms with Crippen LogP contribution in [-0.2, 0) is 6.54 Å². The van der Waals surface area contributed by atoms with Crippen molar-refractivity contribution in [3.8, 4) is 16.4 Å². The average Bonchev–Trinajstić information content (AvgIpc) is 3.49. The van der Waals surface area contributed by atoms with Gasteiger partial charge in [-0.2, -0.15) is 0 Å². The molecule has 142 valence electrons. The number of para-hydroxylation sites is 1. The van der Waals surface area contributed by atoms with Crippen molar-refractivity contribution in [1.29, 1.82) is 0 Å². The maximum Gasteiger partial charge on any atom is 0.295 e. The van der Waals surface area contributed by atoms with Crippen LogP contribution in [0.5, 0.6) is 0 Å². The van der Waals surface area contributed by atoms with Crippen LogP contribution in [0.25, 0.3) is 16.4 Å². The molecule has 0 spiro atoms. The number of anilines is 1. The van der Waals surface area contributed by atoms with Crippen molar-refractivity contribution in [1.82, 2.24) is 20.1 Å². The van der Waals surface area contributed by atoms with Crippen LogP contribution >= 0.6 is 11.3 Å². The minimum Gasteiger partial charge on any atom is -0.348 e. The number of nitrogens with zero attached hydrogens (tertiary/aromatic N) is 3. The topological polar surface area (TPSA) is 88.9 Å². The maximum atomic E-state index is 12.8. The molecule has 3 heterocycles. The van der Waals surface area contributed by atoms with Gasteiger partial charge in [-0.3, -0.25) is 9.59 Å². The van der Waals surface area contributed by atoms with Crippen LogP contribution in [0, 0.1) is 0 Å². The van der Waals surface area contributed by atoms with E-state index >= 15 is 0 Å². The van der Waals surface area contributed by atoms with E-state index in [2.05, 4.69) is 20.7 Å². The lowest BCUT2D eigenvalue weighted by atomic mass is 10.1. The molecule has 0 bridgehead atoms. The van der Waals surface area contributed by atoms with Crippen molar-refractivity contribution in [3.63, 3.8) is 0 Å². The number of rotatable bonds is 4. The van der Waals surface area contributed by atoms with Gasteiger partial charge in [0.2, 0.25) is 5.82 Å². The van der Waals surface area contributed by atoms with Crippen molar-refractivity contribution in [2.45, 2.75) is 6.54 Å². The van der Waals surface area contributed by atoms with Gasteiger partial charge in [0, 0.05) is 17.8 Å². The van der Waals surface area contributed by atoms with E-state index in [1.165, 1.54) is 11.3 Å². The van der Waals surface area contributed by atoms with E-state index in [1.54, 1.807) is 16.8 Å². The Morgan fingerprint density at radius 3 is 2.76 bits per heavy atom. The lowest BCUT2D eigenvalue weighted by Gasteiger charge is -2.04. The fraction of sp³-hybridized carbons (Fsp3) is 0.0476. The van der Waals surface area contributed by atoms with Crippen molar-refractivity contribution >= 4 is 28.8 Å². The van der Waals surface area contributed by atoms with Crippen LogP contribution in [0.3, 0.4) is 0 Å². The van der Waals surface area contributed by atoms with Gasteiger partial charge in [0.1, 0.15) is 0 Å². The van der Waals surface area contributed by atoms with E-state index in [-0.39, 0.29) is 11.7 Å². The zero-order valence-corrected chi connectivity index (χ0v) is 15.9. The normalized spacial score (nSPS) is 12.5. The van der Waals surface area contributed by atoms with E-state index in [4.69, 9.17) is 0 Å². The van der Waals surface area contributed by atoms with E-state index < -0.39 is 5.91 Å². The minimum atomic E-state index is -0.434. The van der Waals surface area contributed by atoms with E-state index in [0.29, 0.717) is 23.6 Å². The Balaban J connectivity index is 1.49. The largest absolute Gasteiger partial charge is 0.348 e. The minimum absolute atomic E-state index is 0.0576. The first-order valence-corrected chi connectivity index (χ1v) is 9.86. The van der Waals surface area contributed by atoms with Crippen LogP contribution in [0.4, 0.5) is 5.69 Å². The van der Waals surface area contributed by atoms with Crippen molar-refractivity contribution in [2.24, 2.45) is 0 Å². The molecule has 4 aromatic rings. The van der Waals surface area contributed by atoms with Gasteiger partial charge in [-0.25, -0.2) is 9.67 Å². The molecular weight excluding hydrogens is 386 g/mol. The van der Waals surface area contributed by atoms with Crippen molar-refractivity contribution < 1.29 is 9.59 Å². The second kappa shape index (κ2) is 6.99. The smallest absolute Gasteiger partial charge is 0.295 e. The molecule has 2 amide bonds. The highest BCUT2D eigenvalue weighted by Gasteiger charge is 2.22. The second-order valence-corrected chi connectivity index (χ2v) is 7.44. The van der Waals surface area contributed by atoms with Gasteiger partial charge in [0.15, 0.2) is 5.82 Å². The summed E-state index contributed by atoms with van der Waals surface area (Å²) in [6.07, 6.45) is 0. The third-order valence-corrected chi connectivity index (χ3v) is 5.47. The predicted molar refractivity (Wildman–Crippen MR) is 110 cm³/mol. The number of benzene rings is 2. The Kier molecular flexibility index (Phi) is 4.18. The number of aromatic nitrogens is 3. The zero-order chi connectivity index (χ0) is 19.8. The number of hydrogen-bond donors (Lipinski definition) is 2. The van der Waals surface area contributed by atoms with Crippen LogP contribution in [0.2, 0.25) is 0 Å². The molecule has 29 heavy (non-hydrogen) atoms. The summed E-state index contributed by atoms with van der Waals surface area (Å²) in [5.41, 5.74) is 2.83. The molecule has 8 heteroatoms. The monoisotopic (exact) mass is 401 g/mol. The van der Waals surface area contributed by atoms with Gasteiger partial charge >= 0.3 is 0 Å². The summed E-state index contributed by atoms with van der Waals surface area (Å²) < 4.78 is 1.66. The second-order valence-electron chi connectivity index (χ2n) is 6.49. The lowest BCUT2D eigenvalue weighted by Crippen LogP contribution is -2.15. The summed E-state index contributed by atoms with van der Waals surface area (Å²) in [4.78, 5) is 30.1. The Hall–Kier alpha value is -3.78. The molecule has 0 atom stereocenters. The number of thiophene rings is 1. The SMILES string of the molecule is O=C(Nc1ccc2c(c1)C(=O)NC2)c1nc(-c2cccs2)n(-c2ccccc2)n1. The molecule has 7 nitrogen and oxygen atoms in total. The maximum absolute atomic E-state index is 12.8. The van der Waals surface area contributed by atoms with Crippen molar-refractivity contribution in [3.05, 3.63) is 83.0 Å². The van der Waals surface area contributed by atoms with Crippen LogP contribution in [0.15, 0.2) is 66.0 Å². The van der Waals surface area contributed by atoms with Gasteiger partial charge in [-0.05, 0) is 41.3 Å². The van der Waals surface area contributed by atoms with Crippen LogP contribution in [-0.4, -0.2) is 26.6 Å². The molecule has 0 radical (unpaired) electrons. The molecular formula is C21H15N5O2S. The molecule has 0 fully saturated rings. The number of carbonyl (C=O) groups is 2. The Morgan fingerprint density at radius 2 is 1.97 bits per heavy atom. The number of hydrogen-bond acceptors (Lipinski definition) is 5. The van der Waals surface area contributed by atoms with Gasteiger partial charge in [0.05, 0.1) is 10.6 Å². The first-order valence-electron chi connectivity index (χ1n) is 8.98. The molecule has 0 aliphatic carbocycles. The first kappa shape index (κ1) is 17.3. The first-order chi connectivity index (χ1) is 14.2. The molecule has 0 saturated carbocycles. The molecule has 2 N–H and O–H groups in total. The Labute approximate surface area is 170 Å². The highest BCUT2D eigenvalue weighted by molar-refractivity contribution is 7.13. The summed E-state index contributed by atoms with van der Waals surface area (Å²) in [7, 11) is 0. The highest BCUT2D eigenvalue weighted by atomic mass is 32.1. The average molecular weight is 401 g/mol. The quantitative estimate of drug-likeness (QED) is 0.548. The Bertz CT molecular complexity index is 1220. The van der Waals surface area contributed by atoms with Gasteiger partial charge < -0.3 is 10.6 Å². The van der Waals surface area contributed by atoms with Crippen LogP contribution in [0.1, 0.15) is 26.5 Å². The van der Waals surface area contributed by atoms with Gasteiger partial charge in [-0.1, -0.05) is 30.3 Å². The summed E-state index contributed by atoms with van der Waals surface area (Å²) in [5, 5.41) is 11.9. The fourth-order valence-corrected chi connectivity index (χ4v) is 3.90. The van der Waals surface area contributed by atoms with Crippen molar-refractivity contribution in [2.75, 3.05) is 5.32 Å².